The van der Waals surface area contributed by atoms with Gasteiger partial charge in [0.2, 0.25) is 0 Å². The Bertz CT molecular complexity index is 961. The molecule has 4 nitrogen and oxygen atoms in total. The smallest absolute Gasteiger partial charge is 0.141 e. The van der Waals surface area contributed by atoms with Gasteiger partial charge in [0.05, 0.1) is 5.69 Å². The molecule has 0 bridgehead atoms. The van der Waals surface area contributed by atoms with E-state index in [0.717, 1.165) is 33.7 Å². The van der Waals surface area contributed by atoms with Crippen LogP contribution in [0.2, 0.25) is 5.02 Å². The van der Waals surface area contributed by atoms with E-state index in [2.05, 4.69) is 21.9 Å². The summed E-state index contributed by atoms with van der Waals surface area (Å²) in [5, 5.41) is 4.40. The fourth-order valence-electron chi connectivity index (χ4n) is 3.13. The van der Waals surface area contributed by atoms with E-state index in [-0.39, 0.29) is 5.82 Å². The Morgan fingerprint density at radius 3 is 2.81 bits per heavy atom. The number of rotatable bonds is 5. The number of benzene rings is 1. The third-order valence-electron chi connectivity index (χ3n) is 4.36. The normalized spacial score (nSPS) is 11.8. The lowest BCUT2D eigenvalue weighted by atomic mass is 9.99. The van der Waals surface area contributed by atoms with Gasteiger partial charge in [-0.3, -0.25) is 0 Å². The highest BCUT2D eigenvalue weighted by Crippen LogP contribution is 2.32. The Labute approximate surface area is 156 Å². The second kappa shape index (κ2) is 7.30. The molecule has 0 saturated carbocycles. The van der Waals surface area contributed by atoms with Crippen LogP contribution in [0.25, 0.3) is 11.6 Å². The average Bonchev–Trinajstić information content (AvgIpc) is 3.14. The zero-order valence-electron chi connectivity index (χ0n) is 14.9. The fourth-order valence-corrected chi connectivity index (χ4v) is 3.36. The van der Waals surface area contributed by atoms with E-state index in [9.17, 15) is 4.39 Å². The first kappa shape index (κ1) is 18.1. The maximum Gasteiger partial charge on any atom is 0.141 e. The van der Waals surface area contributed by atoms with Crippen molar-refractivity contribution in [1.82, 2.24) is 10.1 Å². The van der Waals surface area contributed by atoms with Crippen molar-refractivity contribution >= 4 is 35.8 Å². The molecule has 0 fully saturated rings. The molecule has 2 heterocycles. The number of aromatic nitrogens is 2. The number of aliphatic imine (C=N–C) groups is 1. The average molecular weight is 372 g/mol. The van der Waals surface area contributed by atoms with Crippen LogP contribution >= 0.6 is 11.6 Å². The molecule has 0 atom stereocenters. The third kappa shape index (κ3) is 3.35. The largest absolute Gasteiger partial charge is 0.361 e. The van der Waals surface area contributed by atoms with E-state index < -0.39 is 0 Å². The molecule has 1 N–H and O–H groups in total. The summed E-state index contributed by atoms with van der Waals surface area (Å²) >= 11 is 6.18. The Kier molecular flexibility index (Phi) is 5.09. The highest BCUT2D eigenvalue weighted by atomic mass is 35.5. The molecular weight excluding hydrogens is 353 g/mol. The molecule has 26 heavy (non-hydrogen) atoms. The molecule has 0 saturated heterocycles. The van der Waals surface area contributed by atoms with Crippen LogP contribution in [0.15, 0.2) is 33.9 Å². The molecule has 3 aromatic rings. The second-order valence-corrected chi connectivity index (χ2v) is 6.55. The summed E-state index contributed by atoms with van der Waals surface area (Å²) in [6.07, 6.45) is 4.13. The highest BCUT2D eigenvalue weighted by molar-refractivity contribution is 6.31. The number of nitrogens with zero attached hydrogens (tertiary/aromatic N) is 2. The predicted molar refractivity (Wildman–Crippen MR) is 104 cm³/mol. The van der Waals surface area contributed by atoms with Gasteiger partial charge in [0.25, 0.3) is 0 Å². The maximum absolute atomic E-state index is 14.2. The first-order chi connectivity index (χ1) is 12.4. The number of nitrogens with one attached hydrogen (secondary N) is 1. The predicted octanol–water partition coefficient (Wildman–Crippen LogP) is 5.90. The molecule has 0 aliphatic heterocycles. The van der Waals surface area contributed by atoms with Gasteiger partial charge in [-0.15, -0.1) is 0 Å². The Morgan fingerprint density at radius 2 is 2.19 bits per heavy atom. The van der Waals surface area contributed by atoms with Crippen molar-refractivity contribution in [2.45, 2.75) is 27.2 Å². The summed E-state index contributed by atoms with van der Waals surface area (Å²) in [6.45, 7) is 9.36. The van der Waals surface area contributed by atoms with Crippen LogP contribution in [0, 0.1) is 19.7 Å². The van der Waals surface area contributed by atoms with E-state index in [0.29, 0.717) is 22.8 Å². The Morgan fingerprint density at radius 1 is 1.42 bits per heavy atom. The summed E-state index contributed by atoms with van der Waals surface area (Å²) in [5.74, 6) is 1.04. The molecule has 0 aliphatic rings. The number of aromatic amines is 1. The van der Waals surface area contributed by atoms with Crippen molar-refractivity contribution in [1.29, 1.82) is 0 Å². The van der Waals surface area contributed by atoms with Crippen molar-refractivity contribution < 1.29 is 8.91 Å². The third-order valence-corrected chi connectivity index (χ3v) is 4.71. The zero-order valence-corrected chi connectivity index (χ0v) is 15.6. The lowest BCUT2D eigenvalue weighted by molar-refractivity contribution is 0.393. The summed E-state index contributed by atoms with van der Waals surface area (Å²) in [5.41, 5.74) is 4.93. The summed E-state index contributed by atoms with van der Waals surface area (Å²) in [4.78, 5) is 7.13. The molecule has 6 heteroatoms. The van der Waals surface area contributed by atoms with Crippen LogP contribution < -0.4 is 0 Å². The standard InChI is InChI=1S/C20H19ClFN3O/c1-11(19-12(2)25-26-13(19)3)8-15-14(10-24-20(15)23-4)9-16-17(21)6-5-7-18(16)22/h5-8,10,24H,4,9H2,1-3H3/b11-8+. The van der Waals surface area contributed by atoms with Crippen molar-refractivity contribution in [3.63, 3.8) is 0 Å². The Hall–Kier alpha value is -2.66. The first-order valence-corrected chi connectivity index (χ1v) is 8.51. The topological polar surface area (TPSA) is 54.2 Å². The monoisotopic (exact) mass is 371 g/mol. The van der Waals surface area contributed by atoms with Gasteiger partial charge < -0.3 is 9.51 Å². The molecule has 0 unspecified atom stereocenters. The fraction of sp³-hybridized carbons (Fsp3) is 0.200. The number of hydrogen-bond acceptors (Lipinski definition) is 3. The zero-order chi connectivity index (χ0) is 18.8. The van der Waals surface area contributed by atoms with Crippen LogP contribution in [-0.4, -0.2) is 16.9 Å². The van der Waals surface area contributed by atoms with E-state index in [1.807, 2.05) is 26.8 Å². The van der Waals surface area contributed by atoms with Gasteiger partial charge in [0, 0.05) is 34.3 Å². The quantitative estimate of drug-likeness (QED) is 0.568. The molecule has 2 aromatic heterocycles. The molecule has 134 valence electrons. The van der Waals surface area contributed by atoms with Gasteiger partial charge in [0.15, 0.2) is 0 Å². The van der Waals surface area contributed by atoms with Crippen molar-refractivity contribution in [2.24, 2.45) is 4.99 Å². The van der Waals surface area contributed by atoms with E-state index in [1.54, 1.807) is 18.3 Å². The van der Waals surface area contributed by atoms with Crippen molar-refractivity contribution in [3.05, 3.63) is 68.9 Å². The minimum atomic E-state index is -0.329. The first-order valence-electron chi connectivity index (χ1n) is 8.13. The number of hydrogen-bond donors (Lipinski definition) is 1. The van der Waals surface area contributed by atoms with Gasteiger partial charge >= 0.3 is 0 Å². The summed E-state index contributed by atoms with van der Waals surface area (Å²) < 4.78 is 19.4. The minimum absolute atomic E-state index is 0.329. The van der Waals surface area contributed by atoms with Crippen LogP contribution in [0.5, 0.6) is 0 Å². The summed E-state index contributed by atoms with van der Waals surface area (Å²) in [7, 11) is 0. The van der Waals surface area contributed by atoms with Crippen molar-refractivity contribution in [2.75, 3.05) is 0 Å². The molecule has 0 radical (unpaired) electrons. The van der Waals surface area contributed by atoms with Crippen LogP contribution in [0.3, 0.4) is 0 Å². The Balaban J connectivity index is 2.07. The van der Waals surface area contributed by atoms with Gasteiger partial charge in [0.1, 0.15) is 17.4 Å². The molecule has 0 aliphatic carbocycles. The second-order valence-electron chi connectivity index (χ2n) is 6.14. The van der Waals surface area contributed by atoms with Crippen molar-refractivity contribution in [3.8, 4) is 0 Å². The van der Waals surface area contributed by atoms with E-state index >= 15 is 0 Å². The van der Waals surface area contributed by atoms with Gasteiger partial charge in [-0.1, -0.05) is 22.8 Å². The summed E-state index contributed by atoms with van der Waals surface area (Å²) in [6, 6.07) is 4.69. The SMILES string of the molecule is C=Nc1[nH]cc(Cc2c(F)cccc2Cl)c1/C=C(\C)c1c(C)noc1C. The number of aryl methyl sites for hydroxylation is 2. The molecule has 0 spiro atoms. The van der Waals surface area contributed by atoms with Gasteiger partial charge in [-0.2, -0.15) is 0 Å². The highest BCUT2D eigenvalue weighted by Gasteiger charge is 2.16. The minimum Gasteiger partial charge on any atom is -0.361 e. The van der Waals surface area contributed by atoms with Crippen LogP contribution in [-0.2, 0) is 6.42 Å². The van der Waals surface area contributed by atoms with E-state index in [4.69, 9.17) is 16.1 Å². The number of H-pyrrole nitrogens is 1. The molecule has 0 amide bonds. The molecular formula is C20H19ClFN3O. The maximum atomic E-state index is 14.2. The van der Waals surface area contributed by atoms with Crippen LogP contribution in [0.4, 0.5) is 10.2 Å². The van der Waals surface area contributed by atoms with Gasteiger partial charge in [-0.05, 0) is 56.8 Å². The van der Waals surface area contributed by atoms with E-state index in [1.165, 1.54) is 6.07 Å². The van der Waals surface area contributed by atoms with Crippen LogP contribution in [0.1, 0.15) is 40.6 Å². The number of allylic oxidation sites excluding steroid dienone is 1. The lowest BCUT2D eigenvalue weighted by Crippen LogP contribution is -1.95. The lowest BCUT2D eigenvalue weighted by Gasteiger charge is -2.07. The molecule has 3 rings (SSSR count). The number of halogens is 2. The van der Waals surface area contributed by atoms with Gasteiger partial charge in [-0.25, -0.2) is 9.38 Å². The molecule has 1 aromatic carbocycles.